The molecule has 0 aliphatic carbocycles. The van der Waals surface area contributed by atoms with E-state index < -0.39 is 0 Å². The summed E-state index contributed by atoms with van der Waals surface area (Å²) in [6.45, 7) is 8.02. The maximum atomic E-state index is 6.20. The van der Waals surface area contributed by atoms with Crippen molar-refractivity contribution in [1.82, 2.24) is 9.91 Å². The largest absolute Gasteiger partial charge is 0.286 e. The highest BCUT2D eigenvalue weighted by Crippen LogP contribution is 2.19. The lowest BCUT2D eigenvalue weighted by molar-refractivity contribution is 0.123. The van der Waals surface area contributed by atoms with Gasteiger partial charge in [0.2, 0.25) is 0 Å². The van der Waals surface area contributed by atoms with Gasteiger partial charge in [-0.1, -0.05) is 123 Å². The van der Waals surface area contributed by atoms with Crippen molar-refractivity contribution in [2.75, 3.05) is 19.6 Å². The molecular formula is C25H53N3. The highest BCUT2D eigenvalue weighted by atomic mass is 15.5. The van der Waals surface area contributed by atoms with Gasteiger partial charge in [-0.3, -0.25) is 10.7 Å². The fraction of sp³-hybridized carbons (Fsp3) is 1.00. The Morgan fingerprint density at radius 3 is 1.46 bits per heavy atom. The Balaban J connectivity index is 1.81. The molecule has 1 atom stereocenters. The standard InChI is InChI=1S/C25H53N3/c1-3-5-7-8-9-10-11-12-13-14-15-16-17-18-19-20-21-25-27(22-6-4-2)23-24-28(25)26/h25H,3-24,26H2,1-2H3. The number of nitrogens with two attached hydrogens (primary N) is 1. The first-order valence-electron chi connectivity index (χ1n) is 13.0. The Morgan fingerprint density at radius 1 is 0.571 bits per heavy atom. The average Bonchev–Trinajstić information content (AvgIpc) is 3.05. The van der Waals surface area contributed by atoms with Crippen molar-refractivity contribution >= 4 is 0 Å². The van der Waals surface area contributed by atoms with Crippen LogP contribution in [0.3, 0.4) is 0 Å². The van der Waals surface area contributed by atoms with E-state index in [-0.39, 0.29) is 0 Å². The molecule has 0 saturated carbocycles. The monoisotopic (exact) mass is 395 g/mol. The highest BCUT2D eigenvalue weighted by molar-refractivity contribution is 4.78. The molecule has 1 unspecified atom stereocenters. The van der Waals surface area contributed by atoms with E-state index in [9.17, 15) is 0 Å². The Morgan fingerprint density at radius 2 is 1.00 bits per heavy atom. The molecule has 0 aromatic heterocycles. The van der Waals surface area contributed by atoms with Crippen LogP contribution in [0.1, 0.15) is 136 Å². The van der Waals surface area contributed by atoms with E-state index >= 15 is 0 Å². The summed E-state index contributed by atoms with van der Waals surface area (Å²) >= 11 is 0. The maximum Gasteiger partial charge on any atom is 0.0756 e. The van der Waals surface area contributed by atoms with Crippen LogP contribution in [0.25, 0.3) is 0 Å². The summed E-state index contributed by atoms with van der Waals surface area (Å²) in [6.07, 6.45) is 27.4. The molecule has 1 fully saturated rings. The quantitative estimate of drug-likeness (QED) is 0.174. The second-order valence-corrected chi connectivity index (χ2v) is 9.20. The number of hydrazine groups is 1. The van der Waals surface area contributed by atoms with Crippen molar-refractivity contribution in [3.63, 3.8) is 0 Å². The maximum absolute atomic E-state index is 6.20. The van der Waals surface area contributed by atoms with Gasteiger partial charge in [-0.05, 0) is 19.4 Å². The summed E-state index contributed by atoms with van der Waals surface area (Å²) in [6, 6.07) is 0. The third kappa shape index (κ3) is 13.2. The second kappa shape index (κ2) is 18.9. The Hall–Kier alpha value is -0.120. The van der Waals surface area contributed by atoms with Gasteiger partial charge in [0.25, 0.3) is 0 Å². The predicted octanol–water partition coefficient (Wildman–Crippen LogP) is 7.26. The first-order valence-corrected chi connectivity index (χ1v) is 13.0. The minimum atomic E-state index is 0.512. The zero-order valence-electron chi connectivity index (χ0n) is 19.6. The van der Waals surface area contributed by atoms with Crippen molar-refractivity contribution in [2.24, 2.45) is 5.84 Å². The number of nitrogens with zero attached hydrogens (tertiary/aromatic N) is 2. The van der Waals surface area contributed by atoms with E-state index in [1.54, 1.807) is 0 Å². The van der Waals surface area contributed by atoms with Crippen LogP contribution in [-0.2, 0) is 0 Å². The molecule has 1 saturated heterocycles. The zero-order chi connectivity index (χ0) is 20.3. The van der Waals surface area contributed by atoms with Crippen LogP contribution < -0.4 is 5.84 Å². The number of hydrogen-bond donors (Lipinski definition) is 1. The Bertz CT molecular complexity index is 321. The molecule has 1 aliphatic rings. The number of rotatable bonds is 20. The van der Waals surface area contributed by atoms with Gasteiger partial charge in [0.1, 0.15) is 0 Å². The van der Waals surface area contributed by atoms with Crippen molar-refractivity contribution in [3.8, 4) is 0 Å². The summed E-state index contributed by atoms with van der Waals surface area (Å²) in [5.41, 5.74) is 0. The van der Waals surface area contributed by atoms with Crippen molar-refractivity contribution in [3.05, 3.63) is 0 Å². The number of hydrogen-bond acceptors (Lipinski definition) is 3. The van der Waals surface area contributed by atoms with Gasteiger partial charge in [0.05, 0.1) is 6.17 Å². The van der Waals surface area contributed by atoms with E-state index in [4.69, 9.17) is 5.84 Å². The minimum Gasteiger partial charge on any atom is -0.286 e. The summed E-state index contributed by atoms with van der Waals surface area (Å²) in [7, 11) is 0. The Labute approximate surface area is 177 Å². The lowest BCUT2D eigenvalue weighted by Crippen LogP contribution is -2.42. The van der Waals surface area contributed by atoms with Crippen LogP contribution in [0.15, 0.2) is 0 Å². The molecule has 3 heteroatoms. The van der Waals surface area contributed by atoms with Gasteiger partial charge in [0.15, 0.2) is 0 Å². The second-order valence-electron chi connectivity index (χ2n) is 9.20. The molecule has 0 aromatic carbocycles. The molecule has 3 nitrogen and oxygen atoms in total. The fourth-order valence-corrected chi connectivity index (χ4v) is 4.60. The third-order valence-electron chi connectivity index (χ3n) is 6.56. The molecule has 168 valence electrons. The van der Waals surface area contributed by atoms with Gasteiger partial charge >= 0.3 is 0 Å². The SMILES string of the molecule is CCCCCCCCCCCCCCCCCCC1N(N)CCN1CCCC. The molecule has 0 spiro atoms. The molecule has 0 aromatic rings. The Kier molecular flexibility index (Phi) is 17.5. The first-order chi connectivity index (χ1) is 13.8. The molecule has 2 N–H and O–H groups in total. The molecule has 0 amide bonds. The van der Waals surface area contributed by atoms with Crippen molar-refractivity contribution in [1.29, 1.82) is 0 Å². The average molecular weight is 396 g/mol. The van der Waals surface area contributed by atoms with Crippen LogP contribution in [0, 0.1) is 0 Å². The predicted molar refractivity (Wildman–Crippen MR) is 125 cm³/mol. The van der Waals surface area contributed by atoms with E-state index in [0.29, 0.717) is 6.17 Å². The van der Waals surface area contributed by atoms with Crippen LogP contribution in [-0.4, -0.2) is 35.7 Å². The smallest absolute Gasteiger partial charge is 0.0756 e. The van der Waals surface area contributed by atoms with Gasteiger partial charge in [-0.2, -0.15) is 0 Å². The summed E-state index contributed by atoms with van der Waals surface area (Å²) in [4.78, 5) is 2.61. The highest BCUT2D eigenvalue weighted by Gasteiger charge is 2.28. The van der Waals surface area contributed by atoms with E-state index in [0.717, 1.165) is 6.54 Å². The van der Waals surface area contributed by atoms with E-state index in [2.05, 4.69) is 23.8 Å². The van der Waals surface area contributed by atoms with Crippen LogP contribution >= 0.6 is 0 Å². The first kappa shape index (κ1) is 25.9. The molecule has 0 radical (unpaired) electrons. The van der Waals surface area contributed by atoms with Crippen molar-refractivity contribution in [2.45, 2.75) is 142 Å². The van der Waals surface area contributed by atoms with Crippen LogP contribution in [0.5, 0.6) is 0 Å². The van der Waals surface area contributed by atoms with E-state index in [1.807, 2.05) is 0 Å². The molecule has 1 rings (SSSR count). The normalized spacial score (nSPS) is 18.3. The lowest BCUT2D eigenvalue weighted by atomic mass is 10.0. The van der Waals surface area contributed by atoms with Crippen LogP contribution in [0.2, 0.25) is 0 Å². The molecule has 1 aliphatic heterocycles. The summed E-state index contributed by atoms with van der Waals surface area (Å²) in [5.74, 6) is 6.20. The fourth-order valence-electron chi connectivity index (χ4n) is 4.60. The molecular weight excluding hydrogens is 342 g/mol. The van der Waals surface area contributed by atoms with Gasteiger partial charge in [-0.15, -0.1) is 0 Å². The molecule has 0 bridgehead atoms. The van der Waals surface area contributed by atoms with Gasteiger partial charge in [0, 0.05) is 13.1 Å². The molecule has 28 heavy (non-hydrogen) atoms. The zero-order valence-corrected chi connectivity index (χ0v) is 19.6. The summed E-state index contributed by atoms with van der Waals surface area (Å²) in [5, 5.41) is 2.08. The number of unbranched alkanes of at least 4 members (excludes halogenated alkanes) is 16. The van der Waals surface area contributed by atoms with E-state index in [1.165, 1.54) is 135 Å². The van der Waals surface area contributed by atoms with Crippen LogP contribution in [0.4, 0.5) is 0 Å². The topological polar surface area (TPSA) is 32.5 Å². The third-order valence-corrected chi connectivity index (χ3v) is 6.56. The minimum absolute atomic E-state index is 0.512. The summed E-state index contributed by atoms with van der Waals surface area (Å²) < 4.78 is 0. The molecule has 1 heterocycles. The van der Waals surface area contributed by atoms with Gasteiger partial charge < -0.3 is 0 Å². The lowest BCUT2D eigenvalue weighted by Gasteiger charge is -2.27. The van der Waals surface area contributed by atoms with Crippen molar-refractivity contribution < 1.29 is 0 Å². The van der Waals surface area contributed by atoms with Gasteiger partial charge in [-0.25, -0.2) is 5.01 Å².